The van der Waals surface area contributed by atoms with Gasteiger partial charge in [0.15, 0.2) is 5.13 Å². The van der Waals surface area contributed by atoms with Crippen molar-refractivity contribution in [1.82, 2.24) is 9.55 Å². The molecule has 2 aromatic heterocycles. The molecule has 5 nitrogen and oxygen atoms in total. The predicted octanol–water partition coefficient (Wildman–Crippen LogP) is 6.22. The number of hydrogen-bond donors (Lipinski definition) is 2. The summed E-state index contributed by atoms with van der Waals surface area (Å²) < 4.78 is 1.61. The van der Waals surface area contributed by atoms with Crippen LogP contribution in [0.15, 0.2) is 89.0 Å². The Kier molecular flexibility index (Phi) is 4.94. The van der Waals surface area contributed by atoms with Crippen molar-refractivity contribution in [3.63, 3.8) is 0 Å². The number of fused-ring (bicyclic) bond motifs is 1. The van der Waals surface area contributed by atoms with E-state index in [9.17, 15) is 9.90 Å². The minimum atomic E-state index is -0.328. The zero-order valence-corrected chi connectivity index (χ0v) is 17.7. The summed E-state index contributed by atoms with van der Waals surface area (Å²) >= 11 is 7.29. The number of para-hydroxylation sites is 2. The van der Waals surface area contributed by atoms with Crippen molar-refractivity contribution in [3.8, 4) is 22.7 Å². The number of aromatic nitrogens is 2. The Hall–Kier alpha value is -3.61. The normalized spacial score (nSPS) is 11.0. The lowest BCUT2D eigenvalue weighted by molar-refractivity contribution is 0.482. The van der Waals surface area contributed by atoms with Gasteiger partial charge in [0.25, 0.3) is 5.56 Å². The van der Waals surface area contributed by atoms with Gasteiger partial charge >= 0.3 is 0 Å². The third-order valence-electron chi connectivity index (χ3n) is 4.92. The van der Waals surface area contributed by atoms with Crippen molar-refractivity contribution in [1.29, 1.82) is 0 Å². The Morgan fingerprint density at radius 3 is 2.42 bits per heavy atom. The van der Waals surface area contributed by atoms with Crippen molar-refractivity contribution in [2.45, 2.75) is 0 Å². The molecule has 3 aromatic carbocycles. The van der Waals surface area contributed by atoms with E-state index in [4.69, 9.17) is 11.6 Å². The maximum absolute atomic E-state index is 13.5. The van der Waals surface area contributed by atoms with Crippen LogP contribution in [0.5, 0.6) is 5.75 Å². The minimum absolute atomic E-state index is 0.0730. The summed E-state index contributed by atoms with van der Waals surface area (Å²) in [5.41, 5.74) is 2.44. The molecule has 152 valence electrons. The van der Waals surface area contributed by atoms with E-state index in [1.54, 1.807) is 28.1 Å². The number of rotatable bonds is 4. The quantitative estimate of drug-likeness (QED) is 0.344. The van der Waals surface area contributed by atoms with Crippen LogP contribution < -0.4 is 10.9 Å². The lowest BCUT2D eigenvalue weighted by atomic mass is 10.1. The summed E-state index contributed by atoms with van der Waals surface area (Å²) in [7, 11) is 0. The van der Waals surface area contributed by atoms with Gasteiger partial charge in [0.05, 0.1) is 11.2 Å². The third kappa shape index (κ3) is 3.56. The second kappa shape index (κ2) is 7.91. The fourth-order valence-corrected chi connectivity index (χ4v) is 4.34. The lowest BCUT2D eigenvalue weighted by Crippen LogP contribution is -2.21. The molecule has 0 spiro atoms. The molecule has 0 amide bonds. The van der Waals surface area contributed by atoms with Gasteiger partial charge in [-0.3, -0.25) is 9.36 Å². The van der Waals surface area contributed by atoms with Crippen molar-refractivity contribution in [2.24, 2.45) is 0 Å². The van der Waals surface area contributed by atoms with E-state index >= 15 is 0 Å². The topological polar surface area (TPSA) is 67.2 Å². The number of anilines is 2. The molecule has 7 heteroatoms. The Bertz CT molecular complexity index is 1440. The summed E-state index contributed by atoms with van der Waals surface area (Å²) in [5, 5.41) is 17.8. The Labute approximate surface area is 186 Å². The Morgan fingerprint density at radius 1 is 0.935 bits per heavy atom. The highest BCUT2D eigenvalue weighted by molar-refractivity contribution is 7.14. The number of nitrogens with one attached hydrogen (secondary N) is 1. The molecule has 0 saturated heterocycles. The van der Waals surface area contributed by atoms with Crippen LogP contribution in [-0.2, 0) is 0 Å². The molecule has 0 radical (unpaired) electrons. The Balaban J connectivity index is 1.67. The minimum Gasteiger partial charge on any atom is -0.506 e. The van der Waals surface area contributed by atoms with Gasteiger partial charge in [0, 0.05) is 27.2 Å². The van der Waals surface area contributed by atoms with Crippen LogP contribution in [0.2, 0.25) is 5.02 Å². The van der Waals surface area contributed by atoms with Gasteiger partial charge in [-0.15, -0.1) is 11.3 Å². The summed E-state index contributed by atoms with van der Waals surface area (Å²) in [5.74, 6) is -0.0730. The molecule has 0 bridgehead atoms. The van der Waals surface area contributed by atoms with Gasteiger partial charge in [-0.05, 0) is 48.5 Å². The van der Waals surface area contributed by atoms with E-state index in [-0.39, 0.29) is 16.9 Å². The molecule has 2 N–H and O–H groups in total. The van der Waals surface area contributed by atoms with Crippen LogP contribution in [-0.4, -0.2) is 14.7 Å². The number of thiazole rings is 1. The van der Waals surface area contributed by atoms with Gasteiger partial charge in [-0.2, -0.15) is 0 Å². The second-order valence-electron chi connectivity index (χ2n) is 6.89. The van der Waals surface area contributed by atoms with Crippen molar-refractivity contribution in [3.05, 3.63) is 99.6 Å². The molecule has 0 saturated carbocycles. The first-order chi connectivity index (χ1) is 15.1. The molecule has 0 unspecified atom stereocenters. The molecule has 31 heavy (non-hydrogen) atoms. The zero-order valence-electron chi connectivity index (χ0n) is 16.1. The number of benzene rings is 3. The van der Waals surface area contributed by atoms with E-state index in [1.165, 1.54) is 11.3 Å². The highest BCUT2D eigenvalue weighted by Gasteiger charge is 2.20. The molecule has 0 aliphatic carbocycles. The molecule has 5 rings (SSSR count). The van der Waals surface area contributed by atoms with Crippen LogP contribution in [0.1, 0.15) is 0 Å². The summed E-state index contributed by atoms with van der Waals surface area (Å²) in [6.45, 7) is 0. The number of pyridine rings is 1. The van der Waals surface area contributed by atoms with Crippen molar-refractivity contribution in [2.75, 3.05) is 5.32 Å². The van der Waals surface area contributed by atoms with Crippen LogP contribution in [0.3, 0.4) is 0 Å². The standard InChI is InChI=1S/C24H16ClN3O2S/c25-15-10-12-16(13-11-15)26-24-27-19(14-31-24)21-22(29)18-8-4-5-9-20(18)28(23(21)30)17-6-2-1-3-7-17/h1-14,29H,(H,26,27). The third-order valence-corrected chi connectivity index (χ3v) is 5.93. The van der Waals surface area contributed by atoms with E-state index in [0.717, 1.165) is 11.4 Å². The van der Waals surface area contributed by atoms with Crippen molar-refractivity contribution < 1.29 is 5.11 Å². The van der Waals surface area contributed by atoms with Crippen molar-refractivity contribution >= 4 is 44.7 Å². The SMILES string of the molecule is O=c1c(-c2csc(Nc3ccc(Cl)cc3)n2)c(O)c2ccccc2n1-c1ccccc1. The molecule has 5 aromatic rings. The molecule has 2 heterocycles. The number of nitrogens with zero attached hydrogens (tertiary/aromatic N) is 2. The zero-order chi connectivity index (χ0) is 21.4. The van der Waals surface area contributed by atoms with Gasteiger partial charge in [-0.25, -0.2) is 4.98 Å². The number of halogens is 1. The summed E-state index contributed by atoms with van der Waals surface area (Å²) in [4.78, 5) is 18.1. The largest absolute Gasteiger partial charge is 0.506 e. The predicted molar refractivity (Wildman–Crippen MR) is 127 cm³/mol. The van der Waals surface area contributed by atoms with Crippen LogP contribution in [0.25, 0.3) is 27.8 Å². The summed E-state index contributed by atoms with van der Waals surface area (Å²) in [6, 6.07) is 23.9. The molecule has 0 atom stereocenters. The smallest absolute Gasteiger partial charge is 0.268 e. The Morgan fingerprint density at radius 2 is 1.65 bits per heavy atom. The van der Waals surface area contributed by atoms with E-state index in [2.05, 4.69) is 10.3 Å². The first kappa shape index (κ1) is 19.4. The molecule has 0 aliphatic heterocycles. The fraction of sp³-hybridized carbons (Fsp3) is 0. The maximum atomic E-state index is 13.5. The highest BCUT2D eigenvalue weighted by atomic mass is 35.5. The average Bonchev–Trinajstić information content (AvgIpc) is 3.24. The molecular weight excluding hydrogens is 430 g/mol. The fourth-order valence-electron chi connectivity index (χ4n) is 3.49. The second-order valence-corrected chi connectivity index (χ2v) is 8.18. The first-order valence-electron chi connectivity index (χ1n) is 9.52. The molecule has 0 aliphatic rings. The molecule has 0 fully saturated rings. The summed E-state index contributed by atoms with van der Waals surface area (Å²) in [6.07, 6.45) is 0. The van der Waals surface area contributed by atoms with E-state index < -0.39 is 0 Å². The monoisotopic (exact) mass is 445 g/mol. The van der Waals surface area contributed by atoms with Gasteiger partial charge < -0.3 is 10.4 Å². The van der Waals surface area contributed by atoms with Gasteiger partial charge in [-0.1, -0.05) is 41.9 Å². The van der Waals surface area contributed by atoms with Crippen LogP contribution in [0, 0.1) is 0 Å². The average molecular weight is 446 g/mol. The highest BCUT2D eigenvalue weighted by Crippen LogP contribution is 2.35. The van der Waals surface area contributed by atoms with E-state index in [0.29, 0.717) is 26.8 Å². The van der Waals surface area contributed by atoms with Gasteiger partial charge in [0.2, 0.25) is 0 Å². The lowest BCUT2D eigenvalue weighted by Gasteiger charge is -2.14. The first-order valence-corrected chi connectivity index (χ1v) is 10.8. The molecular formula is C24H16ClN3O2S. The van der Waals surface area contributed by atoms with Gasteiger partial charge in [0.1, 0.15) is 11.3 Å². The van der Waals surface area contributed by atoms with E-state index in [1.807, 2.05) is 60.7 Å². The van der Waals surface area contributed by atoms with Crippen LogP contribution >= 0.6 is 22.9 Å². The maximum Gasteiger partial charge on any atom is 0.268 e. The van der Waals surface area contributed by atoms with Crippen LogP contribution in [0.4, 0.5) is 10.8 Å². The number of hydrogen-bond acceptors (Lipinski definition) is 5. The number of aromatic hydroxyl groups is 1.